The number of halogens is 2. The van der Waals surface area contributed by atoms with Crippen LogP contribution in [-0.4, -0.2) is 85.3 Å². The van der Waals surface area contributed by atoms with E-state index < -0.39 is 23.3 Å². The third-order valence-corrected chi connectivity index (χ3v) is 5.58. The van der Waals surface area contributed by atoms with Gasteiger partial charge in [0, 0.05) is 33.2 Å². The molecule has 1 aromatic rings. The van der Waals surface area contributed by atoms with Crippen LogP contribution in [0, 0.1) is 5.82 Å². The molecule has 2 saturated heterocycles. The maximum Gasteiger partial charge on any atom is 0.414 e. The Hall–Kier alpha value is -2.20. The lowest BCUT2D eigenvalue weighted by Crippen LogP contribution is -2.49. The molecule has 2 fully saturated rings. The predicted octanol–water partition coefficient (Wildman–Crippen LogP) is 2.02. The molecule has 2 aliphatic rings. The topological polar surface area (TPSA) is 73.4 Å². The molecule has 11 heteroatoms. The summed E-state index contributed by atoms with van der Waals surface area (Å²) >= 11 is 9.31. The van der Waals surface area contributed by atoms with Gasteiger partial charge in [0.2, 0.25) is 5.91 Å². The number of hydrogen-bond acceptors (Lipinski definition) is 5. The van der Waals surface area contributed by atoms with Crippen molar-refractivity contribution in [3.8, 4) is 0 Å². The summed E-state index contributed by atoms with van der Waals surface area (Å²) in [7, 11) is 1.56. The van der Waals surface area contributed by atoms with Crippen LogP contribution < -0.4 is 9.80 Å². The van der Waals surface area contributed by atoms with Gasteiger partial charge in [-0.2, -0.15) is 0 Å². The number of carbonyl (C=O) groups is 3. The molecule has 3 amide bonds. The molecule has 2 aliphatic heterocycles. The van der Waals surface area contributed by atoms with E-state index in [1.54, 1.807) is 24.1 Å². The van der Waals surface area contributed by atoms with Gasteiger partial charge in [0.15, 0.2) is 0 Å². The van der Waals surface area contributed by atoms with E-state index in [1.165, 1.54) is 15.9 Å². The summed E-state index contributed by atoms with van der Waals surface area (Å²) < 4.78 is 20.0. The number of anilines is 2. The van der Waals surface area contributed by atoms with Crippen LogP contribution in [0.15, 0.2) is 18.2 Å². The Morgan fingerprint density at radius 1 is 1.31 bits per heavy atom. The molecule has 0 bridgehead atoms. The quantitative estimate of drug-likeness (QED) is 0.555. The molecule has 0 saturated carbocycles. The first kappa shape index (κ1) is 21.5. The molecule has 1 atom stereocenters. The number of cyclic esters (lactones) is 1. The normalized spacial score (nSPS) is 19.4. The van der Waals surface area contributed by atoms with Crippen LogP contribution in [0.1, 0.15) is 0 Å². The summed E-state index contributed by atoms with van der Waals surface area (Å²) in [5.41, 5.74) is 0.797. The third-order valence-electron chi connectivity index (χ3n) is 5.01. The summed E-state index contributed by atoms with van der Waals surface area (Å²) in [6, 6.07) is 4.57. The van der Waals surface area contributed by atoms with Gasteiger partial charge in [0.05, 0.1) is 24.5 Å². The van der Waals surface area contributed by atoms with Crippen LogP contribution >= 0.6 is 24.2 Å². The molecule has 2 heterocycles. The van der Waals surface area contributed by atoms with Gasteiger partial charge < -0.3 is 19.4 Å². The van der Waals surface area contributed by atoms with Gasteiger partial charge in [-0.15, -0.1) is 11.6 Å². The van der Waals surface area contributed by atoms with E-state index in [2.05, 4.69) is 12.6 Å². The second-order valence-corrected chi connectivity index (χ2v) is 7.57. The Labute approximate surface area is 178 Å². The van der Waals surface area contributed by atoms with Crippen LogP contribution in [0.2, 0.25) is 0 Å². The maximum atomic E-state index is 14.8. The Morgan fingerprint density at radius 3 is 2.59 bits per heavy atom. The Morgan fingerprint density at radius 2 is 2.00 bits per heavy atom. The first-order valence-electron chi connectivity index (χ1n) is 9.10. The molecule has 0 spiro atoms. The molecule has 0 radical (unpaired) electrons. The molecular weight excluding hydrogens is 423 g/mol. The summed E-state index contributed by atoms with van der Waals surface area (Å²) in [6.45, 7) is 2.36. The summed E-state index contributed by atoms with van der Waals surface area (Å²) in [5.74, 6) is -0.651. The Balaban J connectivity index is 1.65. The molecule has 0 aromatic heterocycles. The lowest BCUT2D eigenvalue weighted by molar-refractivity contribution is -0.128. The van der Waals surface area contributed by atoms with Gasteiger partial charge in [0.25, 0.3) is 5.24 Å². The fourth-order valence-electron chi connectivity index (χ4n) is 3.41. The second kappa shape index (κ2) is 9.08. The number of piperazine rings is 1. The zero-order valence-corrected chi connectivity index (χ0v) is 17.5. The van der Waals surface area contributed by atoms with Crippen LogP contribution in [0.4, 0.5) is 25.4 Å². The van der Waals surface area contributed by atoms with E-state index in [0.29, 0.717) is 37.6 Å². The van der Waals surface area contributed by atoms with Crippen molar-refractivity contribution in [1.82, 2.24) is 9.80 Å². The molecule has 0 N–H and O–H groups in total. The van der Waals surface area contributed by atoms with Crippen LogP contribution in [0.25, 0.3) is 0 Å². The van der Waals surface area contributed by atoms with Crippen molar-refractivity contribution in [3.05, 3.63) is 24.0 Å². The van der Waals surface area contributed by atoms with Crippen molar-refractivity contribution in [2.45, 2.75) is 6.10 Å². The minimum absolute atomic E-state index is 0.0616. The number of thiol groups is 1. The third kappa shape index (κ3) is 4.87. The van der Waals surface area contributed by atoms with Gasteiger partial charge in [-0.3, -0.25) is 14.5 Å². The van der Waals surface area contributed by atoms with Crippen LogP contribution in [0.3, 0.4) is 0 Å². The van der Waals surface area contributed by atoms with Crippen LogP contribution in [-0.2, 0) is 9.53 Å². The Kier molecular flexibility index (Phi) is 6.74. The number of hydrogen-bond donors (Lipinski definition) is 1. The van der Waals surface area contributed by atoms with E-state index in [9.17, 15) is 18.8 Å². The number of amides is 3. The highest BCUT2D eigenvalue weighted by molar-refractivity contribution is 7.96. The van der Waals surface area contributed by atoms with Crippen molar-refractivity contribution < 1.29 is 23.5 Å². The number of alkyl halides is 1. The first-order valence-corrected chi connectivity index (χ1v) is 10.1. The van der Waals surface area contributed by atoms with E-state index in [1.807, 2.05) is 4.90 Å². The van der Waals surface area contributed by atoms with Crippen molar-refractivity contribution in [2.24, 2.45) is 0 Å². The molecule has 0 aliphatic carbocycles. The highest BCUT2D eigenvalue weighted by atomic mass is 35.5. The lowest BCUT2D eigenvalue weighted by atomic mass is 10.2. The van der Waals surface area contributed by atoms with E-state index in [4.69, 9.17) is 16.3 Å². The predicted molar refractivity (Wildman–Crippen MR) is 111 cm³/mol. The molecular formula is C18H22ClFN4O4S. The summed E-state index contributed by atoms with van der Waals surface area (Å²) in [5, 5.41) is -0.428. The molecule has 158 valence electrons. The lowest BCUT2D eigenvalue weighted by Gasteiger charge is -2.36. The van der Waals surface area contributed by atoms with E-state index in [0.717, 1.165) is 0 Å². The number of rotatable bonds is 5. The fourth-order valence-corrected chi connectivity index (χ4v) is 3.66. The number of carbonyl (C=O) groups excluding carboxylic acids is 3. The van der Waals surface area contributed by atoms with Crippen LogP contribution in [0.5, 0.6) is 0 Å². The molecule has 3 rings (SSSR count). The first-order chi connectivity index (χ1) is 13.8. The van der Waals surface area contributed by atoms with Gasteiger partial charge in [-0.05, 0) is 18.2 Å². The number of ether oxygens (including phenoxy) is 1. The highest BCUT2D eigenvalue weighted by Crippen LogP contribution is 2.28. The van der Waals surface area contributed by atoms with Crippen molar-refractivity contribution in [1.29, 1.82) is 0 Å². The SMILES string of the molecule is CN(C[C@@H]1CN(c2ccc(N3CCN(C(=O)CCl)CC3)c(F)c2)C(=O)O1)C(=O)S. The number of nitrogens with zero attached hydrogens (tertiary/aromatic N) is 4. The zero-order chi connectivity index (χ0) is 21.1. The fraction of sp³-hybridized carbons (Fsp3) is 0.500. The average Bonchev–Trinajstić information content (AvgIpc) is 3.07. The van der Waals surface area contributed by atoms with Gasteiger partial charge >= 0.3 is 6.09 Å². The van der Waals surface area contributed by atoms with E-state index in [-0.39, 0.29) is 24.9 Å². The average molecular weight is 445 g/mol. The van der Waals surface area contributed by atoms with Crippen molar-refractivity contribution in [3.63, 3.8) is 0 Å². The van der Waals surface area contributed by atoms with Crippen molar-refractivity contribution >= 4 is 52.8 Å². The minimum atomic E-state index is -0.588. The number of likely N-dealkylation sites (N-methyl/N-ethyl adjacent to an activating group) is 1. The molecule has 29 heavy (non-hydrogen) atoms. The monoisotopic (exact) mass is 444 g/mol. The summed E-state index contributed by atoms with van der Waals surface area (Å²) in [6.07, 6.45) is -1.10. The zero-order valence-electron chi connectivity index (χ0n) is 15.9. The van der Waals surface area contributed by atoms with Gasteiger partial charge in [-0.25, -0.2) is 9.18 Å². The highest BCUT2D eigenvalue weighted by Gasteiger charge is 2.34. The van der Waals surface area contributed by atoms with Gasteiger partial charge in [-0.1, -0.05) is 12.6 Å². The molecule has 8 nitrogen and oxygen atoms in total. The number of benzene rings is 1. The Bertz CT molecular complexity index is 806. The van der Waals surface area contributed by atoms with Crippen molar-refractivity contribution in [2.75, 3.05) is 62.0 Å². The van der Waals surface area contributed by atoms with E-state index >= 15 is 0 Å². The smallest absolute Gasteiger partial charge is 0.414 e. The minimum Gasteiger partial charge on any atom is -0.442 e. The summed E-state index contributed by atoms with van der Waals surface area (Å²) in [4.78, 5) is 41.2. The molecule has 1 aromatic carbocycles. The van der Waals surface area contributed by atoms with Gasteiger partial charge in [0.1, 0.15) is 17.8 Å². The molecule has 0 unspecified atom stereocenters. The maximum absolute atomic E-state index is 14.8. The largest absolute Gasteiger partial charge is 0.442 e. The standard InChI is InChI=1S/C18H22ClFN4O4S/c1-21(18(27)29)10-13-11-24(17(26)28-13)12-2-3-15(14(20)8-12)22-4-6-23(7-5-22)16(25)9-19/h2-3,8,13H,4-7,9-11H2,1H3,(H,27,29)/t13-/m1/s1. The second-order valence-electron chi connectivity index (χ2n) is 6.92.